The number of benzene rings is 1. The van der Waals surface area contributed by atoms with Gasteiger partial charge in [-0.2, -0.15) is 0 Å². The van der Waals surface area contributed by atoms with Crippen LogP contribution in [-0.2, 0) is 11.2 Å². The van der Waals surface area contributed by atoms with Crippen LogP contribution in [0.1, 0.15) is 34.0 Å². The molecular formula is C12H14O3. The summed E-state index contributed by atoms with van der Waals surface area (Å²) in [5, 5.41) is 8.64. The van der Waals surface area contributed by atoms with Gasteiger partial charge in [0.2, 0.25) is 0 Å². The molecule has 0 unspecified atom stereocenters. The number of carboxylic acid groups (broad SMARTS) is 1. The molecule has 1 aromatic carbocycles. The lowest BCUT2D eigenvalue weighted by Gasteiger charge is -2.10. The highest BCUT2D eigenvalue weighted by atomic mass is 16.4. The smallest absolute Gasteiger partial charge is 0.377 e. The average molecular weight is 206 g/mol. The number of aliphatic carboxylic acids is 1. The van der Waals surface area contributed by atoms with Crippen molar-refractivity contribution in [3.63, 3.8) is 0 Å². The van der Waals surface area contributed by atoms with E-state index in [2.05, 4.69) is 0 Å². The van der Waals surface area contributed by atoms with Gasteiger partial charge in [-0.3, -0.25) is 4.79 Å². The van der Waals surface area contributed by atoms with Gasteiger partial charge in [0.1, 0.15) is 0 Å². The quantitative estimate of drug-likeness (QED) is 0.609. The summed E-state index contributed by atoms with van der Waals surface area (Å²) in [4.78, 5) is 21.9. The summed E-state index contributed by atoms with van der Waals surface area (Å²) in [5.74, 6) is -2.23. The Bertz CT molecular complexity index is 419. The van der Waals surface area contributed by atoms with Crippen LogP contribution < -0.4 is 0 Å². The predicted octanol–water partition coefficient (Wildman–Crippen LogP) is 2.13. The molecule has 0 aromatic heterocycles. The molecule has 0 atom stereocenters. The fraction of sp³-hybridized carbons (Fsp3) is 0.333. The van der Waals surface area contributed by atoms with E-state index < -0.39 is 11.8 Å². The Balaban J connectivity index is 3.34. The summed E-state index contributed by atoms with van der Waals surface area (Å²) < 4.78 is 0. The fourth-order valence-electron chi connectivity index (χ4n) is 1.80. The second kappa shape index (κ2) is 4.26. The largest absolute Gasteiger partial charge is 0.475 e. The number of aryl methyl sites for hydroxylation is 1. The van der Waals surface area contributed by atoms with E-state index in [1.54, 1.807) is 19.1 Å². The molecule has 0 bridgehead atoms. The lowest BCUT2D eigenvalue weighted by Crippen LogP contribution is -2.15. The van der Waals surface area contributed by atoms with E-state index in [1.165, 1.54) is 0 Å². The standard InChI is InChI=1S/C12H14O3/c1-4-9-7(2)5-6-10(8(9)3)11(13)12(14)15/h5-6H,4H2,1-3H3,(H,14,15). The number of rotatable bonds is 3. The van der Waals surface area contributed by atoms with Crippen molar-refractivity contribution in [2.75, 3.05) is 0 Å². The van der Waals surface area contributed by atoms with Crippen LogP contribution in [0.5, 0.6) is 0 Å². The Kier molecular flexibility index (Phi) is 3.24. The zero-order valence-corrected chi connectivity index (χ0v) is 9.13. The lowest BCUT2D eigenvalue weighted by atomic mass is 9.94. The number of carboxylic acids is 1. The monoisotopic (exact) mass is 206 g/mol. The minimum absolute atomic E-state index is 0.296. The fourth-order valence-corrected chi connectivity index (χ4v) is 1.80. The summed E-state index contributed by atoms with van der Waals surface area (Å²) in [6, 6.07) is 3.38. The molecule has 0 amide bonds. The van der Waals surface area contributed by atoms with Crippen LogP contribution in [0.3, 0.4) is 0 Å². The molecular weight excluding hydrogens is 192 g/mol. The van der Waals surface area contributed by atoms with Gasteiger partial charge in [-0.1, -0.05) is 19.1 Å². The molecule has 80 valence electrons. The van der Waals surface area contributed by atoms with Crippen molar-refractivity contribution in [1.29, 1.82) is 0 Å². The maximum atomic E-state index is 11.3. The van der Waals surface area contributed by atoms with E-state index in [-0.39, 0.29) is 0 Å². The highest BCUT2D eigenvalue weighted by Crippen LogP contribution is 2.19. The number of Topliss-reactive ketones (excluding diaryl/α,β-unsaturated/α-hetero) is 1. The van der Waals surface area contributed by atoms with Crippen LogP contribution in [0.15, 0.2) is 12.1 Å². The third-order valence-electron chi connectivity index (χ3n) is 2.63. The van der Waals surface area contributed by atoms with E-state index >= 15 is 0 Å². The van der Waals surface area contributed by atoms with Gasteiger partial charge < -0.3 is 5.11 Å². The summed E-state index contributed by atoms with van der Waals surface area (Å²) >= 11 is 0. The normalized spacial score (nSPS) is 10.1. The highest BCUT2D eigenvalue weighted by Gasteiger charge is 2.18. The Morgan fingerprint density at radius 1 is 1.27 bits per heavy atom. The number of carbonyl (C=O) groups excluding carboxylic acids is 1. The van der Waals surface area contributed by atoms with Crippen molar-refractivity contribution >= 4 is 11.8 Å². The second-order valence-corrected chi connectivity index (χ2v) is 3.52. The summed E-state index contributed by atoms with van der Waals surface area (Å²) in [5.41, 5.74) is 3.23. The first-order valence-electron chi connectivity index (χ1n) is 4.85. The van der Waals surface area contributed by atoms with E-state index in [0.29, 0.717) is 5.56 Å². The van der Waals surface area contributed by atoms with Gasteiger partial charge in [-0.25, -0.2) is 4.79 Å². The van der Waals surface area contributed by atoms with Crippen molar-refractivity contribution in [1.82, 2.24) is 0 Å². The third-order valence-corrected chi connectivity index (χ3v) is 2.63. The van der Waals surface area contributed by atoms with Crippen molar-refractivity contribution < 1.29 is 14.7 Å². The van der Waals surface area contributed by atoms with Gasteiger partial charge in [-0.05, 0) is 37.0 Å². The maximum Gasteiger partial charge on any atom is 0.377 e. The van der Waals surface area contributed by atoms with Gasteiger partial charge in [0, 0.05) is 5.56 Å². The highest BCUT2D eigenvalue weighted by molar-refractivity contribution is 6.40. The molecule has 0 aliphatic heterocycles. The summed E-state index contributed by atoms with van der Waals surface area (Å²) in [6.45, 7) is 5.74. The van der Waals surface area contributed by atoms with Crippen LogP contribution in [0.4, 0.5) is 0 Å². The molecule has 0 radical (unpaired) electrons. The molecule has 0 aliphatic rings. The van der Waals surface area contributed by atoms with Crippen LogP contribution in [0, 0.1) is 13.8 Å². The van der Waals surface area contributed by atoms with Gasteiger partial charge in [0.05, 0.1) is 0 Å². The molecule has 0 fully saturated rings. The van der Waals surface area contributed by atoms with Crippen molar-refractivity contribution in [3.8, 4) is 0 Å². The van der Waals surface area contributed by atoms with Crippen molar-refractivity contribution in [2.24, 2.45) is 0 Å². The van der Waals surface area contributed by atoms with Crippen LogP contribution in [-0.4, -0.2) is 16.9 Å². The minimum Gasteiger partial charge on any atom is -0.475 e. The Morgan fingerprint density at radius 3 is 2.33 bits per heavy atom. The summed E-state index contributed by atoms with van der Waals surface area (Å²) in [6.07, 6.45) is 0.804. The lowest BCUT2D eigenvalue weighted by molar-refractivity contribution is -0.131. The first-order valence-corrected chi connectivity index (χ1v) is 4.85. The van der Waals surface area contributed by atoms with E-state index in [0.717, 1.165) is 23.1 Å². The van der Waals surface area contributed by atoms with E-state index in [1.807, 2.05) is 13.8 Å². The van der Waals surface area contributed by atoms with Crippen LogP contribution in [0.2, 0.25) is 0 Å². The number of hydrogen-bond donors (Lipinski definition) is 1. The molecule has 1 aromatic rings. The van der Waals surface area contributed by atoms with Gasteiger partial charge in [0.25, 0.3) is 5.78 Å². The average Bonchev–Trinajstić information content (AvgIpc) is 2.17. The number of carbonyl (C=O) groups is 2. The summed E-state index contributed by atoms with van der Waals surface area (Å²) in [7, 11) is 0. The van der Waals surface area contributed by atoms with E-state index in [4.69, 9.17) is 5.11 Å². The Morgan fingerprint density at radius 2 is 1.87 bits per heavy atom. The van der Waals surface area contributed by atoms with Gasteiger partial charge in [0.15, 0.2) is 0 Å². The molecule has 0 saturated carbocycles. The number of ketones is 1. The molecule has 0 aliphatic carbocycles. The van der Waals surface area contributed by atoms with Crippen molar-refractivity contribution in [3.05, 3.63) is 34.4 Å². The predicted molar refractivity (Wildman–Crippen MR) is 57.3 cm³/mol. The van der Waals surface area contributed by atoms with E-state index in [9.17, 15) is 9.59 Å². The zero-order valence-electron chi connectivity index (χ0n) is 9.13. The zero-order chi connectivity index (χ0) is 11.6. The topological polar surface area (TPSA) is 54.4 Å². The SMILES string of the molecule is CCc1c(C)ccc(C(=O)C(=O)O)c1C. The molecule has 3 heteroatoms. The van der Waals surface area contributed by atoms with Gasteiger partial charge >= 0.3 is 5.97 Å². The number of hydrogen-bond acceptors (Lipinski definition) is 2. The molecule has 15 heavy (non-hydrogen) atoms. The maximum absolute atomic E-state index is 11.3. The van der Waals surface area contributed by atoms with Gasteiger partial charge in [-0.15, -0.1) is 0 Å². The first-order chi connectivity index (χ1) is 6.99. The Labute approximate surface area is 88.7 Å². The van der Waals surface area contributed by atoms with Crippen LogP contribution >= 0.6 is 0 Å². The Hall–Kier alpha value is -1.64. The third kappa shape index (κ3) is 2.06. The van der Waals surface area contributed by atoms with Crippen molar-refractivity contribution in [2.45, 2.75) is 27.2 Å². The molecule has 3 nitrogen and oxygen atoms in total. The molecule has 1 rings (SSSR count). The van der Waals surface area contributed by atoms with Crippen LogP contribution in [0.25, 0.3) is 0 Å². The minimum atomic E-state index is -1.40. The molecule has 0 heterocycles. The molecule has 0 spiro atoms. The second-order valence-electron chi connectivity index (χ2n) is 3.52. The molecule has 0 saturated heterocycles. The first kappa shape index (κ1) is 11.4. The molecule has 1 N–H and O–H groups in total.